The second kappa shape index (κ2) is 7.20. The number of fused-ring (bicyclic) bond motifs is 5. The van der Waals surface area contributed by atoms with Crippen LogP contribution in [0, 0.1) is 34.5 Å². The molecule has 9 atom stereocenters. The quantitative estimate of drug-likeness (QED) is 0.660. The molecule has 3 saturated carbocycles. The van der Waals surface area contributed by atoms with Crippen LogP contribution >= 0.6 is 0 Å². The minimum Gasteiger partial charge on any atom is -0.458 e. The molecule has 0 spiro atoms. The Morgan fingerprint density at radius 1 is 1.29 bits per heavy atom. The largest absolute Gasteiger partial charge is 0.458 e. The Morgan fingerprint density at radius 3 is 2.61 bits per heavy atom. The van der Waals surface area contributed by atoms with Crippen molar-refractivity contribution in [2.24, 2.45) is 34.5 Å². The van der Waals surface area contributed by atoms with Gasteiger partial charge in [0.15, 0.2) is 12.4 Å². The minimum absolute atomic E-state index is 0.0661. The summed E-state index contributed by atoms with van der Waals surface area (Å²) in [7, 11) is 0. The molecule has 0 aromatic carbocycles. The van der Waals surface area contributed by atoms with Crippen LogP contribution in [-0.2, 0) is 19.1 Å². The summed E-state index contributed by atoms with van der Waals surface area (Å²) in [5, 5.41) is 23.0. The predicted molar refractivity (Wildman–Crippen MR) is 110 cm³/mol. The second-order valence-corrected chi connectivity index (χ2v) is 10.8. The van der Waals surface area contributed by atoms with Crippen molar-refractivity contribution in [2.75, 3.05) is 6.61 Å². The van der Waals surface area contributed by atoms with Crippen LogP contribution in [0.1, 0.15) is 59.8 Å². The lowest BCUT2D eigenvalue weighted by Gasteiger charge is -2.61. The summed E-state index contributed by atoms with van der Waals surface area (Å²) >= 11 is 0. The highest BCUT2D eigenvalue weighted by Crippen LogP contribution is 2.69. The van der Waals surface area contributed by atoms with Gasteiger partial charge in [0.05, 0.1) is 6.10 Å². The summed E-state index contributed by atoms with van der Waals surface area (Å²) in [6, 6.07) is 0. The average Bonchev–Trinajstić information content (AvgIpc) is 2.88. The number of hydrogen-bond donors (Lipinski definition) is 2. The Hall–Kier alpha value is -1.60. The highest BCUT2D eigenvalue weighted by Gasteiger charge is 2.71. The molecular weight excluding hydrogens is 403 g/mol. The molecule has 0 heterocycles. The van der Waals surface area contributed by atoms with Crippen LogP contribution < -0.4 is 0 Å². The maximum Gasteiger partial charge on any atom is 0.303 e. The van der Waals surface area contributed by atoms with Crippen LogP contribution in [0.5, 0.6) is 0 Å². The summed E-state index contributed by atoms with van der Waals surface area (Å²) in [5.41, 5.74) is -2.82. The monoisotopic (exact) mass is 436 g/mol. The molecule has 3 fully saturated rings. The summed E-state index contributed by atoms with van der Waals surface area (Å²) in [6.45, 7) is 6.27. The fourth-order valence-corrected chi connectivity index (χ4v) is 7.90. The lowest BCUT2D eigenvalue weighted by Crippen LogP contribution is -2.64. The van der Waals surface area contributed by atoms with E-state index in [1.807, 2.05) is 13.8 Å². The number of ether oxygens (including phenoxy) is 1. The zero-order valence-electron chi connectivity index (χ0n) is 18.7. The molecule has 0 saturated heterocycles. The maximum absolute atomic E-state index is 15.4. The summed E-state index contributed by atoms with van der Waals surface area (Å²) in [6.07, 6.45) is 1.10. The van der Waals surface area contributed by atoms with E-state index in [1.165, 1.54) is 13.0 Å². The predicted octanol–water partition coefficient (Wildman–Crippen LogP) is 2.55. The minimum atomic E-state index is -1.76. The third-order valence-corrected chi connectivity index (χ3v) is 9.29. The number of rotatable bonds is 3. The molecule has 4 rings (SSSR count). The van der Waals surface area contributed by atoms with Gasteiger partial charge < -0.3 is 14.9 Å². The van der Waals surface area contributed by atoms with E-state index in [1.54, 1.807) is 6.92 Å². The maximum atomic E-state index is 15.4. The Labute approximate surface area is 182 Å². The zero-order valence-corrected chi connectivity index (χ0v) is 18.7. The highest BCUT2D eigenvalue weighted by atomic mass is 19.1. The van der Waals surface area contributed by atoms with Gasteiger partial charge >= 0.3 is 5.97 Å². The number of carbonyl (C=O) groups excluding carboxylic acids is 3. The topological polar surface area (TPSA) is 101 Å². The zero-order chi connectivity index (χ0) is 22.9. The molecule has 0 aromatic rings. The van der Waals surface area contributed by atoms with E-state index in [4.69, 9.17) is 4.74 Å². The van der Waals surface area contributed by atoms with Gasteiger partial charge in [0, 0.05) is 18.8 Å². The van der Waals surface area contributed by atoms with Crippen molar-refractivity contribution in [1.29, 1.82) is 0 Å². The molecule has 0 aliphatic heterocycles. The lowest BCUT2D eigenvalue weighted by molar-refractivity contribution is -0.191. The van der Waals surface area contributed by atoms with Gasteiger partial charge in [-0.2, -0.15) is 0 Å². The molecule has 172 valence electrons. The SMILES string of the molecule is CC(=O)OCC(=O)[C@@]1(O)[C@H](C)CC2C3C[C@H](F)C4=CC(=O)CCC4(C)C3C(O)CC21C. The molecule has 0 amide bonds. The lowest BCUT2D eigenvalue weighted by atomic mass is 9.45. The molecule has 7 heteroatoms. The van der Waals surface area contributed by atoms with Crippen LogP contribution in [0.25, 0.3) is 0 Å². The van der Waals surface area contributed by atoms with E-state index in [9.17, 15) is 24.6 Å². The molecule has 4 aliphatic carbocycles. The third-order valence-electron chi connectivity index (χ3n) is 9.29. The fourth-order valence-electron chi connectivity index (χ4n) is 7.90. The normalized spacial score (nSPS) is 48.9. The third kappa shape index (κ3) is 2.99. The molecule has 2 N–H and O–H groups in total. The van der Waals surface area contributed by atoms with E-state index in [0.717, 1.165) is 0 Å². The highest BCUT2D eigenvalue weighted by molar-refractivity contribution is 5.92. The van der Waals surface area contributed by atoms with Crippen LogP contribution in [0.15, 0.2) is 11.6 Å². The van der Waals surface area contributed by atoms with Crippen LogP contribution in [0.4, 0.5) is 4.39 Å². The van der Waals surface area contributed by atoms with Crippen LogP contribution in [-0.4, -0.2) is 52.2 Å². The average molecular weight is 437 g/mol. The Bertz CT molecular complexity index is 853. The van der Waals surface area contributed by atoms with Crippen molar-refractivity contribution >= 4 is 17.5 Å². The molecule has 31 heavy (non-hydrogen) atoms. The van der Waals surface area contributed by atoms with Gasteiger partial charge in [-0.3, -0.25) is 14.4 Å². The van der Waals surface area contributed by atoms with E-state index >= 15 is 4.39 Å². The van der Waals surface area contributed by atoms with Gasteiger partial charge in [0.25, 0.3) is 0 Å². The molecule has 0 aromatic heterocycles. The van der Waals surface area contributed by atoms with E-state index < -0.39 is 53.0 Å². The molecule has 4 aliphatic rings. The molecule has 0 bridgehead atoms. The standard InChI is InChI=1S/C24H33FO6/c1-12-7-16-15-9-18(25)17-8-14(27)5-6-22(17,3)21(15)19(28)10-23(16,4)24(12,30)20(29)11-31-13(2)26/h8,12,15-16,18-19,21,28,30H,5-7,9-11H2,1-4H3/t12-,15?,16?,18+,19?,21?,22?,23?,24+/m1/s1. The molecule has 6 nitrogen and oxygen atoms in total. The Balaban J connectivity index is 1.73. The molecule has 6 unspecified atom stereocenters. The van der Waals surface area contributed by atoms with Crippen LogP contribution in [0.3, 0.4) is 0 Å². The first-order valence-corrected chi connectivity index (χ1v) is 11.3. The van der Waals surface area contributed by atoms with Crippen molar-refractivity contribution in [3.8, 4) is 0 Å². The smallest absolute Gasteiger partial charge is 0.303 e. The summed E-state index contributed by atoms with van der Waals surface area (Å²) in [5.74, 6) is -2.23. The van der Waals surface area contributed by atoms with Gasteiger partial charge in [-0.1, -0.05) is 20.8 Å². The van der Waals surface area contributed by atoms with Gasteiger partial charge in [0.1, 0.15) is 11.8 Å². The number of carbonyl (C=O) groups is 3. The number of allylic oxidation sites excluding steroid dienone is 1. The van der Waals surface area contributed by atoms with Crippen molar-refractivity contribution in [1.82, 2.24) is 0 Å². The van der Waals surface area contributed by atoms with Gasteiger partial charge in [-0.05, 0) is 66.4 Å². The van der Waals surface area contributed by atoms with E-state index in [0.29, 0.717) is 24.8 Å². The number of hydrogen-bond acceptors (Lipinski definition) is 6. The number of halogens is 1. The number of alkyl halides is 1. The van der Waals surface area contributed by atoms with Crippen LogP contribution in [0.2, 0.25) is 0 Å². The summed E-state index contributed by atoms with van der Waals surface area (Å²) < 4.78 is 20.3. The van der Waals surface area contributed by atoms with Gasteiger partial charge in [-0.15, -0.1) is 0 Å². The van der Waals surface area contributed by atoms with Crippen molar-refractivity contribution < 1.29 is 33.7 Å². The van der Waals surface area contributed by atoms with Crippen molar-refractivity contribution in [3.05, 3.63) is 11.6 Å². The van der Waals surface area contributed by atoms with Crippen molar-refractivity contribution in [2.45, 2.75) is 77.7 Å². The van der Waals surface area contributed by atoms with E-state index in [2.05, 4.69) is 0 Å². The molecule has 0 radical (unpaired) electrons. The first-order valence-electron chi connectivity index (χ1n) is 11.3. The van der Waals surface area contributed by atoms with Gasteiger partial charge in [0.2, 0.25) is 5.78 Å². The van der Waals surface area contributed by atoms with Gasteiger partial charge in [-0.25, -0.2) is 4.39 Å². The first kappa shape index (κ1) is 22.6. The van der Waals surface area contributed by atoms with Crippen molar-refractivity contribution in [3.63, 3.8) is 0 Å². The van der Waals surface area contributed by atoms with E-state index in [-0.39, 0.29) is 36.4 Å². The Morgan fingerprint density at radius 2 is 1.97 bits per heavy atom. The number of esters is 1. The number of Topliss-reactive ketones (excluding diaryl/α,β-unsaturated/α-hetero) is 1. The number of ketones is 2. The fraction of sp³-hybridized carbons (Fsp3) is 0.792. The number of aliphatic hydroxyl groups is 2. The summed E-state index contributed by atoms with van der Waals surface area (Å²) in [4.78, 5) is 36.3. The Kier molecular flexibility index (Phi) is 5.25. The molecular formula is C24H33FO6. The first-order chi connectivity index (χ1) is 14.4. The second-order valence-electron chi connectivity index (χ2n) is 10.8. The number of aliphatic hydroxyl groups excluding tert-OH is 1.